The van der Waals surface area contributed by atoms with Crippen molar-refractivity contribution in [1.82, 2.24) is 19.9 Å². The first-order valence-electron chi connectivity index (χ1n) is 4.25. The van der Waals surface area contributed by atoms with Gasteiger partial charge in [0, 0.05) is 6.92 Å². The zero-order valence-electron chi connectivity index (χ0n) is 8.02. The molecule has 0 aliphatic heterocycles. The third kappa shape index (κ3) is 1.85. The summed E-state index contributed by atoms with van der Waals surface area (Å²) in [5.41, 5.74) is 6.61. The highest BCUT2D eigenvalue weighted by molar-refractivity contribution is 5.80. The molecule has 2 heterocycles. The lowest BCUT2D eigenvalue weighted by Crippen LogP contribution is -2.00. The molecular formula is C8H9N5O2. The Hall–Kier alpha value is -2.18. The van der Waals surface area contributed by atoms with Gasteiger partial charge in [-0.25, -0.2) is 15.0 Å². The van der Waals surface area contributed by atoms with Crippen molar-refractivity contribution in [2.75, 3.05) is 5.73 Å². The Morgan fingerprint density at radius 2 is 2.40 bits per heavy atom. The second kappa shape index (κ2) is 3.52. The van der Waals surface area contributed by atoms with Crippen LogP contribution in [-0.2, 0) is 16.1 Å². The van der Waals surface area contributed by atoms with Crippen LogP contribution in [0.2, 0.25) is 0 Å². The second-order valence-electron chi connectivity index (χ2n) is 2.92. The number of nitrogens with two attached hydrogens (primary N) is 1. The van der Waals surface area contributed by atoms with Gasteiger partial charge in [-0.05, 0) is 0 Å². The summed E-state index contributed by atoms with van der Waals surface area (Å²) >= 11 is 0. The third-order valence-electron chi connectivity index (χ3n) is 1.78. The number of anilines is 1. The number of nitrogens with zero attached hydrogens (tertiary/aromatic N) is 3. The van der Waals surface area contributed by atoms with Gasteiger partial charge < -0.3 is 15.5 Å². The number of carbonyl (C=O) groups excluding carboxylic acids is 1. The largest absolute Gasteiger partial charge is 0.458 e. The summed E-state index contributed by atoms with van der Waals surface area (Å²) in [5, 5.41) is 0. The van der Waals surface area contributed by atoms with Crippen LogP contribution in [0.1, 0.15) is 12.7 Å². The third-order valence-corrected chi connectivity index (χ3v) is 1.78. The molecule has 0 atom stereocenters. The number of nitrogens with one attached hydrogen (secondary N) is 1. The topological polar surface area (TPSA) is 107 Å². The number of imidazole rings is 1. The van der Waals surface area contributed by atoms with Gasteiger partial charge in [0.2, 0.25) is 0 Å². The predicted molar refractivity (Wildman–Crippen MR) is 51.6 cm³/mol. The van der Waals surface area contributed by atoms with E-state index in [0.29, 0.717) is 22.8 Å². The molecule has 0 fully saturated rings. The maximum Gasteiger partial charge on any atom is 0.303 e. The van der Waals surface area contributed by atoms with Gasteiger partial charge in [-0.15, -0.1) is 0 Å². The van der Waals surface area contributed by atoms with Crippen LogP contribution in [0.5, 0.6) is 0 Å². The summed E-state index contributed by atoms with van der Waals surface area (Å²) in [6.07, 6.45) is 1.33. The van der Waals surface area contributed by atoms with Gasteiger partial charge in [-0.1, -0.05) is 0 Å². The van der Waals surface area contributed by atoms with Crippen LogP contribution in [0.15, 0.2) is 6.33 Å². The first-order valence-corrected chi connectivity index (χ1v) is 4.25. The van der Waals surface area contributed by atoms with E-state index in [1.54, 1.807) is 0 Å². The lowest BCUT2D eigenvalue weighted by Gasteiger charge is -1.96. The zero-order valence-corrected chi connectivity index (χ0v) is 8.02. The molecule has 0 aliphatic rings. The molecule has 7 heteroatoms. The average molecular weight is 207 g/mol. The van der Waals surface area contributed by atoms with Crippen molar-refractivity contribution in [3.05, 3.63) is 12.2 Å². The Morgan fingerprint density at radius 3 is 3.07 bits per heavy atom. The Kier molecular flexibility index (Phi) is 2.20. The molecule has 0 spiro atoms. The molecule has 78 valence electrons. The van der Waals surface area contributed by atoms with Gasteiger partial charge in [0.1, 0.15) is 24.3 Å². The summed E-state index contributed by atoms with van der Waals surface area (Å²) in [4.78, 5) is 25.3. The summed E-state index contributed by atoms with van der Waals surface area (Å²) < 4.78 is 4.78. The molecule has 0 unspecified atom stereocenters. The fraction of sp³-hybridized carbons (Fsp3) is 0.250. The molecule has 3 N–H and O–H groups in total. The van der Waals surface area contributed by atoms with Gasteiger partial charge in [0.25, 0.3) is 0 Å². The highest BCUT2D eigenvalue weighted by atomic mass is 16.5. The fourth-order valence-corrected chi connectivity index (χ4v) is 1.13. The van der Waals surface area contributed by atoms with Crippen molar-refractivity contribution in [2.45, 2.75) is 13.5 Å². The van der Waals surface area contributed by atoms with Crippen LogP contribution < -0.4 is 5.73 Å². The molecular weight excluding hydrogens is 198 g/mol. The van der Waals surface area contributed by atoms with Crippen molar-refractivity contribution in [1.29, 1.82) is 0 Å². The minimum atomic E-state index is -0.366. The van der Waals surface area contributed by atoms with Gasteiger partial charge in [-0.2, -0.15) is 0 Å². The van der Waals surface area contributed by atoms with Crippen molar-refractivity contribution in [3.8, 4) is 0 Å². The van der Waals surface area contributed by atoms with Gasteiger partial charge in [0.15, 0.2) is 11.5 Å². The van der Waals surface area contributed by atoms with E-state index in [2.05, 4.69) is 19.9 Å². The Morgan fingerprint density at radius 1 is 1.60 bits per heavy atom. The molecule has 0 aromatic carbocycles. The van der Waals surface area contributed by atoms with Crippen molar-refractivity contribution in [2.24, 2.45) is 0 Å². The molecule has 0 amide bonds. The van der Waals surface area contributed by atoms with Crippen molar-refractivity contribution in [3.63, 3.8) is 0 Å². The number of ether oxygens (including phenoxy) is 1. The van der Waals surface area contributed by atoms with E-state index in [1.807, 2.05) is 0 Å². The number of aromatic amines is 1. The Labute approximate surface area is 84.7 Å². The highest BCUT2D eigenvalue weighted by Crippen LogP contribution is 2.13. The molecule has 15 heavy (non-hydrogen) atoms. The fourth-order valence-electron chi connectivity index (χ4n) is 1.13. The number of hydrogen-bond donors (Lipinski definition) is 2. The van der Waals surface area contributed by atoms with E-state index >= 15 is 0 Å². The maximum atomic E-state index is 10.6. The standard InChI is InChI=1S/C8H9N5O2/c1-4(14)15-2-5-12-6-7(9)10-3-11-8(6)13-5/h3H,2H2,1H3,(H3,9,10,11,12,13). The summed E-state index contributed by atoms with van der Waals surface area (Å²) in [5.74, 6) is 0.448. The number of esters is 1. The molecule has 0 aliphatic carbocycles. The smallest absolute Gasteiger partial charge is 0.303 e. The lowest BCUT2D eigenvalue weighted by molar-refractivity contribution is -0.142. The lowest BCUT2D eigenvalue weighted by atomic mass is 10.5. The van der Waals surface area contributed by atoms with Crippen LogP contribution >= 0.6 is 0 Å². The van der Waals surface area contributed by atoms with Crippen LogP contribution in [0, 0.1) is 0 Å². The molecule has 2 aromatic heterocycles. The maximum absolute atomic E-state index is 10.6. The van der Waals surface area contributed by atoms with Crippen molar-refractivity contribution < 1.29 is 9.53 Å². The van der Waals surface area contributed by atoms with Gasteiger partial charge in [0.05, 0.1) is 0 Å². The van der Waals surface area contributed by atoms with E-state index in [1.165, 1.54) is 13.3 Å². The molecule has 0 bridgehead atoms. The van der Waals surface area contributed by atoms with Crippen LogP contribution in [0.3, 0.4) is 0 Å². The number of rotatable bonds is 2. The molecule has 2 rings (SSSR count). The molecule has 0 saturated heterocycles. The Balaban J connectivity index is 2.31. The normalized spacial score (nSPS) is 10.5. The number of hydrogen-bond acceptors (Lipinski definition) is 6. The predicted octanol–water partition coefficient (Wildman–Crippen LogP) is -0.00180. The average Bonchev–Trinajstić information content (AvgIpc) is 2.59. The van der Waals surface area contributed by atoms with Crippen molar-refractivity contribution >= 4 is 23.0 Å². The quantitative estimate of drug-likeness (QED) is 0.671. The van der Waals surface area contributed by atoms with E-state index in [9.17, 15) is 4.79 Å². The first-order chi connectivity index (χ1) is 7.16. The van der Waals surface area contributed by atoms with Crippen LogP contribution in [0.4, 0.5) is 5.82 Å². The van der Waals surface area contributed by atoms with E-state index in [4.69, 9.17) is 10.5 Å². The van der Waals surface area contributed by atoms with Crippen LogP contribution in [0.25, 0.3) is 11.2 Å². The molecule has 2 aromatic rings. The summed E-state index contributed by atoms with van der Waals surface area (Å²) in [7, 11) is 0. The summed E-state index contributed by atoms with van der Waals surface area (Å²) in [6, 6.07) is 0. The minimum Gasteiger partial charge on any atom is -0.458 e. The summed E-state index contributed by atoms with van der Waals surface area (Å²) in [6.45, 7) is 1.40. The van der Waals surface area contributed by atoms with Gasteiger partial charge in [-0.3, -0.25) is 4.79 Å². The number of carbonyl (C=O) groups is 1. The number of aromatic nitrogens is 4. The minimum absolute atomic E-state index is 0.0745. The van der Waals surface area contributed by atoms with E-state index < -0.39 is 0 Å². The number of nitrogen functional groups attached to an aromatic ring is 1. The van der Waals surface area contributed by atoms with Gasteiger partial charge >= 0.3 is 5.97 Å². The highest BCUT2D eigenvalue weighted by Gasteiger charge is 2.07. The molecule has 0 saturated carbocycles. The van der Waals surface area contributed by atoms with Crippen LogP contribution in [-0.4, -0.2) is 25.9 Å². The SMILES string of the molecule is CC(=O)OCc1nc2ncnc(N)c2[nH]1. The monoisotopic (exact) mass is 207 g/mol. The first kappa shape index (κ1) is 9.38. The zero-order chi connectivity index (χ0) is 10.8. The molecule has 0 radical (unpaired) electrons. The van der Waals surface area contributed by atoms with E-state index in [-0.39, 0.29) is 12.6 Å². The second-order valence-corrected chi connectivity index (χ2v) is 2.92. The Bertz CT molecular complexity index is 507. The molecule has 7 nitrogen and oxygen atoms in total. The van der Waals surface area contributed by atoms with E-state index in [0.717, 1.165) is 0 Å². The number of fused-ring (bicyclic) bond motifs is 1. The number of H-pyrrole nitrogens is 1.